The molecular formula is C19H26N2O2. The lowest BCUT2D eigenvalue weighted by atomic mass is 10.00. The number of nitrogens with zero attached hydrogens (tertiary/aromatic N) is 2. The highest BCUT2D eigenvalue weighted by molar-refractivity contribution is 5.90. The quantitative estimate of drug-likeness (QED) is 0.856. The zero-order chi connectivity index (χ0) is 16.6. The molecule has 1 saturated carbocycles. The highest BCUT2D eigenvalue weighted by Gasteiger charge is 2.49. The van der Waals surface area contributed by atoms with Gasteiger partial charge in [-0.3, -0.25) is 9.59 Å². The van der Waals surface area contributed by atoms with E-state index < -0.39 is 0 Å². The Hall–Kier alpha value is -1.84. The number of hydrogen-bond donors (Lipinski definition) is 0. The molecule has 1 saturated heterocycles. The minimum atomic E-state index is -0.250. The molecule has 4 heteroatoms. The third-order valence-corrected chi connectivity index (χ3v) is 5.20. The molecule has 1 aromatic carbocycles. The van der Waals surface area contributed by atoms with Gasteiger partial charge in [0.25, 0.3) is 0 Å². The number of carbonyl (C=O) groups is 2. The lowest BCUT2D eigenvalue weighted by molar-refractivity contribution is -0.143. The first-order valence-corrected chi connectivity index (χ1v) is 8.64. The van der Waals surface area contributed by atoms with Crippen LogP contribution in [0.5, 0.6) is 0 Å². The first-order valence-electron chi connectivity index (χ1n) is 8.64. The summed E-state index contributed by atoms with van der Waals surface area (Å²) >= 11 is 0. The van der Waals surface area contributed by atoms with Crippen molar-refractivity contribution < 1.29 is 9.59 Å². The van der Waals surface area contributed by atoms with E-state index >= 15 is 0 Å². The molecule has 1 aliphatic carbocycles. The number of likely N-dealkylation sites (tertiary alicyclic amines) is 1. The van der Waals surface area contributed by atoms with E-state index in [4.69, 9.17) is 0 Å². The molecule has 0 aromatic heterocycles. The molecule has 0 spiro atoms. The third-order valence-electron chi connectivity index (χ3n) is 5.20. The fourth-order valence-electron chi connectivity index (χ4n) is 3.83. The van der Waals surface area contributed by atoms with Gasteiger partial charge in [0.15, 0.2) is 0 Å². The summed E-state index contributed by atoms with van der Waals surface area (Å²) in [5.74, 6) is 0.647. The lowest BCUT2D eigenvalue weighted by Gasteiger charge is -2.26. The maximum atomic E-state index is 12.9. The zero-order valence-electron chi connectivity index (χ0n) is 14.3. The number of amides is 2. The van der Waals surface area contributed by atoms with Crippen molar-refractivity contribution in [2.24, 2.45) is 5.92 Å². The first kappa shape index (κ1) is 16.0. The van der Waals surface area contributed by atoms with Crippen molar-refractivity contribution in [3.63, 3.8) is 0 Å². The van der Waals surface area contributed by atoms with Crippen LogP contribution in [0.3, 0.4) is 0 Å². The van der Waals surface area contributed by atoms with Crippen LogP contribution in [0, 0.1) is 5.92 Å². The summed E-state index contributed by atoms with van der Waals surface area (Å²) in [6.45, 7) is 2.88. The number of rotatable bonds is 4. The molecule has 1 heterocycles. The van der Waals surface area contributed by atoms with Crippen LogP contribution in [0.15, 0.2) is 24.3 Å². The van der Waals surface area contributed by atoms with Crippen LogP contribution in [0.1, 0.15) is 43.2 Å². The summed E-state index contributed by atoms with van der Waals surface area (Å²) in [4.78, 5) is 28.6. The molecule has 1 aromatic rings. The van der Waals surface area contributed by atoms with Gasteiger partial charge >= 0.3 is 0 Å². The Morgan fingerprint density at radius 3 is 2.70 bits per heavy atom. The third kappa shape index (κ3) is 2.99. The van der Waals surface area contributed by atoms with Crippen molar-refractivity contribution in [3.05, 3.63) is 35.4 Å². The molecule has 3 atom stereocenters. The fourth-order valence-corrected chi connectivity index (χ4v) is 3.83. The predicted molar refractivity (Wildman–Crippen MR) is 90.1 cm³/mol. The lowest BCUT2D eigenvalue weighted by Crippen LogP contribution is -2.46. The van der Waals surface area contributed by atoms with Gasteiger partial charge < -0.3 is 9.80 Å². The van der Waals surface area contributed by atoms with Crippen LogP contribution in [0.4, 0.5) is 0 Å². The van der Waals surface area contributed by atoms with Gasteiger partial charge in [-0.1, -0.05) is 31.2 Å². The average Bonchev–Trinajstić information content (AvgIpc) is 3.21. The molecule has 2 amide bonds. The minimum absolute atomic E-state index is 0.0574. The van der Waals surface area contributed by atoms with Crippen molar-refractivity contribution in [1.29, 1.82) is 0 Å². The van der Waals surface area contributed by atoms with E-state index in [2.05, 4.69) is 31.2 Å². The van der Waals surface area contributed by atoms with Gasteiger partial charge in [-0.25, -0.2) is 0 Å². The number of hydrogen-bond acceptors (Lipinski definition) is 2. The molecule has 0 N–H and O–H groups in total. The zero-order valence-corrected chi connectivity index (χ0v) is 14.3. The van der Waals surface area contributed by atoms with Gasteiger partial charge in [0.1, 0.15) is 6.04 Å². The topological polar surface area (TPSA) is 40.6 Å². The van der Waals surface area contributed by atoms with Gasteiger partial charge in [-0.2, -0.15) is 0 Å². The van der Waals surface area contributed by atoms with Gasteiger partial charge in [-0.15, -0.1) is 0 Å². The van der Waals surface area contributed by atoms with Crippen molar-refractivity contribution in [3.8, 4) is 0 Å². The Morgan fingerprint density at radius 1 is 1.26 bits per heavy atom. The average molecular weight is 314 g/mol. The van der Waals surface area contributed by atoms with Crippen LogP contribution in [0.25, 0.3) is 0 Å². The molecule has 0 radical (unpaired) electrons. The highest BCUT2D eigenvalue weighted by atomic mass is 16.2. The largest absolute Gasteiger partial charge is 0.347 e. The van der Waals surface area contributed by atoms with E-state index in [0.717, 1.165) is 32.2 Å². The van der Waals surface area contributed by atoms with E-state index in [1.165, 1.54) is 11.1 Å². The summed E-state index contributed by atoms with van der Waals surface area (Å²) in [5, 5.41) is 0. The molecule has 4 nitrogen and oxygen atoms in total. The van der Waals surface area contributed by atoms with Crippen molar-refractivity contribution in [2.75, 3.05) is 20.6 Å². The van der Waals surface area contributed by atoms with E-state index in [1.807, 2.05) is 4.90 Å². The van der Waals surface area contributed by atoms with Crippen LogP contribution in [0.2, 0.25) is 0 Å². The standard InChI is InChI=1S/C19H26N2O2/c1-4-13-8-5-6-9-14(13)15-12-16(15)18(22)21-11-7-10-17(21)19(23)20(2)3/h5-6,8-9,15-17H,4,7,10-12H2,1-3H3/t15-,16+,17?/m0/s1. The molecule has 23 heavy (non-hydrogen) atoms. The predicted octanol–water partition coefficient (Wildman–Crippen LogP) is 2.43. The van der Waals surface area contributed by atoms with E-state index in [-0.39, 0.29) is 23.8 Å². The highest BCUT2D eigenvalue weighted by Crippen LogP contribution is 2.50. The van der Waals surface area contributed by atoms with E-state index in [0.29, 0.717) is 5.92 Å². The van der Waals surface area contributed by atoms with Crippen molar-refractivity contribution in [1.82, 2.24) is 9.80 Å². The van der Waals surface area contributed by atoms with Crippen LogP contribution >= 0.6 is 0 Å². The summed E-state index contributed by atoms with van der Waals surface area (Å²) in [5.41, 5.74) is 2.66. The normalized spacial score (nSPS) is 26.2. The van der Waals surface area contributed by atoms with Crippen LogP contribution in [-0.2, 0) is 16.0 Å². The number of aryl methyl sites for hydroxylation is 1. The van der Waals surface area contributed by atoms with Crippen molar-refractivity contribution in [2.45, 2.75) is 44.6 Å². The molecular weight excluding hydrogens is 288 g/mol. The minimum Gasteiger partial charge on any atom is -0.347 e. The Kier molecular flexibility index (Phi) is 4.42. The summed E-state index contributed by atoms with van der Waals surface area (Å²) in [7, 11) is 3.53. The first-order chi connectivity index (χ1) is 11.0. The van der Waals surface area contributed by atoms with Gasteiger partial charge in [0.05, 0.1) is 0 Å². The maximum Gasteiger partial charge on any atom is 0.244 e. The molecule has 124 valence electrons. The van der Waals surface area contributed by atoms with E-state index in [1.54, 1.807) is 19.0 Å². The Morgan fingerprint density at radius 2 is 2.00 bits per heavy atom. The summed E-state index contributed by atoms with van der Waals surface area (Å²) in [6, 6.07) is 8.18. The summed E-state index contributed by atoms with van der Waals surface area (Å²) in [6.07, 6.45) is 3.65. The van der Waals surface area contributed by atoms with Crippen LogP contribution in [-0.4, -0.2) is 48.3 Å². The molecule has 2 aliphatic rings. The molecule has 1 aliphatic heterocycles. The Balaban J connectivity index is 1.71. The number of likely N-dealkylation sites (N-methyl/N-ethyl adjacent to an activating group) is 1. The smallest absolute Gasteiger partial charge is 0.244 e. The van der Waals surface area contributed by atoms with Gasteiger partial charge in [0.2, 0.25) is 11.8 Å². The number of benzene rings is 1. The molecule has 1 unspecified atom stereocenters. The van der Waals surface area contributed by atoms with Crippen molar-refractivity contribution >= 4 is 11.8 Å². The fraction of sp³-hybridized carbons (Fsp3) is 0.579. The second-order valence-electron chi connectivity index (χ2n) is 6.92. The number of carbonyl (C=O) groups excluding carboxylic acids is 2. The molecule has 0 bridgehead atoms. The maximum absolute atomic E-state index is 12.9. The Bertz CT molecular complexity index is 611. The Labute approximate surface area is 138 Å². The van der Waals surface area contributed by atoms with E-state index in [9.17, 15) is 9.59 Å². The molecule has 3 rings (SSSR count). The summed E-state index contributed by atoms with van der Waals surface area (Å²) < 4.78 is 0. The molecule has 2 fully saturated rings. The second-order valence-corrected chi connectivity index (χ2v) is 6.92. The SMILES string of the molecule is CCc1ccccc1[C@@H]1C[C@H]1C(=O)N1CCCC1C(=O)N(C)C. The monoisotopic (exact) mass is 314 g/mol. The second kappa shape index (κ2) is 6.34. The van der Waals surface area contributed by atoms with Crippen LogP contribution < -0.4 is 0 Å². The van der Waals surface area contributed by atoms with Gasteiger partial charge in [-0.05, 0) is 42.7 Å². The van der Waals surface area contributed by atoms with Gasteiger partial charge in [0, 0.05) is 26.6 Å².